The first-order valence-corrected chi connectivity index (χ1v) is 8.83. The third-order valence-corrected chi connectivity index (χ3v) is 8.94. The lowest BCUT2D eigenvalue weighted by Crippen LogP contribution is -2.32. The SMILES string of the molecule is C=C/C=C\C(=C)S(c1ccccc1)(C(C)C)C(C)(C)C. The summed E-state index contributed by atoms with van der Waals surface area (Å²) in [7, 11) is -1.19. The van der Waals surface area contributed by atoms with Crippen molar-refractivity contribution >= 4 is 10.0 Å². The van der Waals surface area contributed by atoms with Crippen molar-refractivity contribution in [2.24, 2.45) is 0 Å². The Morgan fingerprint density at radius 1 is 1.15 bits per heavy atom. The quantitative estimate of drug-likeness (QED) is 0.557. The van der Waals surface area contributed by atoms with Gasteiger partial charge in [-0.2, -0.15) is 10.0 Å². The molecular formula is C19H28S. The Morgan fingerprint density at radius 2 is 1.70 bits per heavy atom. The van der Waals surface area contributed by atoms with Crippen LogP contribution in [0.15, 0.2) is 71.5 Å². The molecule has 20 heavy (non-hydrogen) atoms. The summed E-state index contributed by atoms with van der Waals surface area (Å²) in [5.41, 5.74) is 0. The van der Waals surface area contributed by atoms with E-state index in [4.69, 9.17) is 0 Å². The average Bonchev–Trinajstić information content (AvgIpc) is 2.36. The highest BCUT2D eigenvalue weighted by Gasteiger charge is 2.42. The van der Waals surface area contributed by atoms with Gasteiger partial charge in [-0.25, -0.2) is 0 Å². The molecule has 0 aromatic heterocycles. The zero-order valence-electron chi connectivity index (χ0n) is 13.5. The summed E-state index contributed by atoms with van der Waals surface area (Å²) in [6.07, 6.45) is 5.96. The second kappa shape index (κ2) is 6.49. The Labute approximate surface area is 126 Å². The van der Waals surface area contributed by atoms with Crippen LogP contribution in [0.5, 0.6) is 0 Å². The summed E-state index contributed by atoms with van der Waals surface area (Å²) in [4.78, 5) is 2.65. The van der Waals surface area contributed by atoms with Crippen molar-refractivity contribution in [3.05, 3.63) is 66.6 Å². The minimum Gasteiger partial charge on any atom is -0.181 e. The standard InChI is InChI=1S/C19H28S/c1-8-9-13-17(4)20(16(2)3,19(5,6)7)18-14-11-10-12-15-18/h8-16H,1,4H2,2-3,5-7H3/b13-9-. The van der Waals surface area contributed by atoms with Crippen LogP contribution in [0, 0.1) is 0 Å². The number of rotatable bonds is 5. The van der Waals surface area contributed by atoms with Crippen LogP contribution in [0.4, 0.5) is 0 Å². The smallest absolute Gasteiger partial charge is 0.000309 e. The normalized spacial score (nSPS) is 16.9. The van der Waals surface area contributed by atoms with Gasteiger partial charge in [-0.3, -0.25) is 0 Å². The monoisotopic (exact) mass is 288 g/mol. The van der Waals surface area contributed by atoms with Crippen LogP contribution in [0.3, 0.4) is 0 Å². The second-order valence-corrected chi connectivity index (χ2v) is 10.7. The molecule has 1 atom stereocenters. The topological polar surface area (TPSA) is 0 Å². The lowest BCUT2D eigenvalue weighted by molar-refractivity contribution is 0.772. The fourth-order valence-corrected chi connectivity index (χ4v) is 8.34. The number of hydrogen-bond acceptors (Lipinski definition) is 0. The van der Waals surface area contributed by atoms with Gasteiger partial charge in [-0.15, -0.1) is 0 Å². The maximum absolute atomic E-state index is 4.43. The van der Waals surface area contributed by atoms with E-state index in [2.05, 4.69) is 84.2 Å². The van der Waals surface area contributed by atoms with Crippen molar-refractivity contribution in [2.45, 2.75) is 49.5 Å². The fraction of sp³-hybridized carbons (Fsp3) is 0.368. The third kappa shape index (κ3) is 2.93. The molecule has 1 unspecified atom stereocenters. The van der Waals surface area contributed by atoms with Crippen molar-refractivity contribution in [3.63, 3.8) is 0 Å². The van der Waals surface area contributed by atoms with Gasteiger partial charge >= 0.3 is 0 Å². The molecule has 0 aliphatic heterocycles. The lowest BCUT2D eigenvalue weighted by Gasteiger charge is -2.55. The van der Waals surface area contributed by atoms with Crippen molar-refractivity contribution in [1.29, 1.82) is 0 Å². The third-order valence-electron chi connectivity index (χ3n) is 3.62. The van der Waals surface area contributed by atoms with Gasteiger partial charge in [0.05, 0.1) is 0 Å². The van der Waals surface area contributed by atoms with Gasteiger partial charge in [0.25, 0.3) is 0 Å². The molecule has 1 aromatic rings. The summed E-state index contributed by atoms with van der Waals surface area (Å²) in [6.45, 7) is 19.9. The Balaban J connectivity index is 3.58. The highest BCUT2D eigenvalue weighted by Crippen LogP contribution is 2.72. The van der Waals surface area contributed by atoms with E-state index in [9.17, 15) is 0 Å². The molecule has 1 aromatic carbocycles. The first-order chi connectivity index (χ1) is 9.28. The summed E-state index contributed by atoms with van der Waals surface area (Å²) in [5.74, 6) is 0. The fourth-order valence-electron chi connectivity index (χ4n) is 3.10. The first kappa shape index (κ1) is 16.8. The Hall–Kier alpha value is -1.21. The molecule has 0 N–H and O–H groups in total. The second-order valence-electron chi connectivity index (χ2n) is 6.20. The molecule has 0 saturated carbocycles. The van der Waals surface area contributed by atoms with E-state index in [0.29, 0.717) is 5.25 Å². The van der Waals surface area contributed by atoms with Crippen molar-refractivity contribution in [3.8, 4) is 0 Å². The largest absolute Gasteiger partial charge is 0.181 e. The minimum atomic E-state index is -1.19. The Morgan fingerprint density at radius 3 is 2.10 bits per heavy atom. The van der Waals surface area contributed by atoms with Crippen LogP contribution >= 0.6 is 10.0 Å². The van der Waals surface area contributed by atoms with Gasteiger partial charge in [0.15, 0.2) is 0 Å². The first-order valence-electron chi connectivity index (χ1n) is 7.13. The van der Waals surface area contributed by atoms with E-state index in [1.165, 1.54) is 9.80 Å². The van der Waals surface area contributed by atoms with Gasteiger partial charge in [-0.05, 0) is 31.9 Å². The Kier molecular flexibility index (Phi) is 5.47. The molecule has 1 heteroatoms. The van der Waals surface area contributed by atoms with E-state index in [-0.39, 0.29) is 4.75 Å². The summed E-state index contributed by atoms with van der Waals surface area (Å²) >= 11 is 0. The molecule has 0 nitrogen and oxygen atoms in total. The number of benzene rings is 1. The molecule has 0 saturated heterocycles. The predicted octanol–water partition coefficient (Wildman–Crippen LogP) is 6.31. The van der Waals surface area contributed by atoms with Crippen LogP contribution in [0.25, 0.3) is 0 Å². The van der Waals surface area contributed by atoms with Gasteiger partial charge < -0.3 is 0 Å². The minimum absolute atomic E-state index is 0.158. The average molecular weight is 289 g/mol. The van der Waals surface area contributed by atoms with Gasteiger partial charge in [0.1, 0.15) is 0 Å². The van der Waals surface area contributed by atoms with E-state index >= 15 is 0 Å². The van der Waals surface area contributed by atoms with Gasteiger partial charge in [0, 0.05) is 0 Å². The predicted molar refractivity (Wildman–Crippen MR) is 95.7 cm³/mol. The molecule has 0 bridgehead atoms. The van der Waals surface area contributed by atoms with E-state index < -0.39 is 10.0 Å². The van der Waals surface area contributed by atoms with Crippen LogP contribution < -0.4 is 0 Å². The lowest BCUT2D eigenvalue weighted by atomic mass is 10.3. The van der Waals surface area contributed by atoms with E-state index in [0.717, 1.165) is 0 Å². The zero-order chi connectivity index (χ0) is 15.4. The summed E-state index contributed by atoms with van der Waals surface area (Å²) in [6, 6.07) is 10.9. The molecule has 0 fully saturated rings. The van der Waals surface area contributed by atoms with Gasteiger partial charge in [-0.1, -0.05) is 84.2 Å². The summed E-state index contributed by atoms with van der Waals surface area (Å²) < 4.78 is 0.158. The molecule has 0 aliphatic carbocycles. The molecule has 110 valence electrons. The van der Waals surface area contributed by atoms with Crippen molar-refractivity contribution in [1.82, 2.24) is 0 Å². The van der Waals surface area contributed by atoms with E-state index in [1.54, 1.807) is 0 Å². The van der Waals surface area contributed by atoms with Crippen LogP contribution in [0.2, 0.25) is 0 Å². The van der Waals surface area contributed by atoms with Gasteiger partial charge in [0.2, 0.25) is 0 Å². The molecule has 0 aliphatic rings. The molecule has 1 rings (SSSR count). The molecule has 0 spiro atoms. The molecular weight excluding hydrogens is 260 g/mol. The number of allylic oxidation sites excluding steroid dienone is 3. The van der Waals surface area contributed by atoms with Crippen LogP contribution in [0.1, 0.15) is 34.6 Å². The summed E-state index contributed by atoms with van der Waals surface area (Å²) in [5, 5.41) is 0.534. The molecule has 0 radical (unpaired) electrons. The number of hydrogen-bond donors (Lipinski definition) is 0. The van der Waals surface area contributed by atoms with Crippen molar-refractivity contribution < 1.29 is 0 Å². The zero-order valence-corrected chi connectivity index (χ0v) is 14.3. The van der Waals surface area contributed by atoms with Crippen LogP contribution in [-0.4, -0.2) is 10.00 Å². The van der Waals surface area contributed by atoms with E-state index in [1.807, 2.05) is 12.2 Å². The van der Waals surface area contributed by atoms with Crippen molar-refractivity contribution in [2.75, 3.05) is 0 Å². The Bertz CT molecular complexity index is 488. The van der Waals surface area contributed by atoms with Crippen LogP contribution in [-0.2, 0) is 0 Å². The maximum atomic E-state index is 4.43. The molecule has 0 amide bonds. The highest BCUT2D eigenvalue weighted by atomic mass is 32.3. The molecule has 0 heterocycles. The highest BCUT2D eigenvalue weighted by molar-refractivity contribution is 8.38. The maximum Gasteiger partial charge on any atom is -0.000309 e.